The zero-order chi connectivity index (χ0) is 15.8. The third kappa shape index (κ3) is 2.96. The number of hydrogen-bond acceptors (Lipinski definition) is 2. The molecule has 1 unspecified atom stereocenters. The number of pyridine rings is 1. The van der Waals surface area contributed by atoms with Gasteiger partial charge in [-0.1, -0.05) is 6.07 Å². The highest BCUT2D eigenvalue weighted by Crippen LogP contribution is 2.31. The average Bonchev–Trinajstić information content (AvgIpc) is 3.19. The smallest absolute Gasteiger partial charge is 0.253 e. The minimum Gasteiger partial charge on any atom is -0.367 e. The molecule has 120 valence electrons. The topological polar surface area (TPSA) is 66.9 Å². The Labute approximate surface area is 134 Å². The van der Waals surface area contributed by atoms with Crippen LogP contribution in [0.4, 0.5) is 0 Å². The number of rotatable bonds is 4. The SMILES string of the molecule is O=C(NC1CCc2c(ccc(=O)n2CC2CC2)C1)c1cc[nH]c1. The lowest BCUT2D eigenvalue weighted by Crippen LogP contribution is -2.40. The summed E-state index contributed by atoms with van der Waals surface area (Å²) in [6.07, 6.45) is 8.49. The zero-order valence-electron chi connectivity index (χ0n) is 13.0. The molecule has 0 aliphatic heterocycles. The van der Waals surface area contributed by atoms with Crippen LogP contribution < -0.4 is 10.9 Å². The standard InChI is InChI=1S/C18H21N3O2/c22-17-6-3-13-9-15(20-18(23)14-7-8-19-10-14)4-5-16(13)21(17)11-12-1-2-12/h3,6-8,10,12,15,19H,1-2,4-5,9,11H2,(H,20,23). The van der Waals surface area contributed by atoms with Gasteiger partial charge in [0, 0.05) is 36.7 Å². The number of hydrogen-bond donors (Lipinski definition) is 2. The van der Waals surface area contributed by atoms with E-state index in [1.165, 1.54) is 24.1 Å². The van der Waals surface area contributed by atoms with Crippen molar-refractivity contribution >= 4 is 5.91 Å². The Bertz CT molecular complexity index is 772. The second-order valence-electron chi connectivity index (χ2n) is 6.71. The molecule has 0 saturated heterocycles. The van der Waals surface area contributed by atoms with Crippen LogP contribution in [-0.2, 0) is 19.4 Å². The van der Waals surface area contributed by atoms with E-state index in [-0.39, 0.29) is 17.5 Å². The number of aromatic nitrogens is 2. The van der Waals surface area contributed by atoms with Gasteiger partial charge < -0.3 is 14.9 Å². The maximum absolute atomic E-state index is 12.2. The molecule has 4 rings (SSSR count). The van der Waals surface area contributed by atoms with Gasteiger partial charge in [0.25, 0.3) is 11.5 Å². The van der Waals surface area contributed by atoms with Crippen molar-refractivity contribution in [3.8, 4) is 0 Å². The van der Waals surface area contributed by atoms with E-state index in [1.54, 1.807) is 24.5 Å². The van der Waals surface area contributed by atoms with Gasteiger partial charge in [-0.3, -0.25) is 9.59 Å². The van der Waals surface area contributed by atoms with E-state index in [9.17, 15) is 9.59 Å². The van der Waals surface area contributed by atoms with Crippen LogP contribution in [-0.4, -0.2) is 21.5 Å². The van der Waals surface area contributed by atoms with Crippen molar-refractivity contribution in [2.75, 3.05) is 0 Å². The Morgan fingerprint density at radius 3 is 2.87 bits per heavy atom. The first kappa shape index (κ1) is 14.3. The molecule has 1 atom stereocenters. The molecule has 2 aliphatic rings. The summed E-state index contributed by atoms with van der Waals surface area (Å²) in [5.41, 5.74) is 3.16. The second-order valence-corrected chi connectivity index (χ2v) is 6.71. The van der Waals surface area contributed by atoms with Crippen molar-refractivity contribution in [1.82, 2.24) is 14.9 Å². The predicted molar refractivity (Wildman–Crippen MR) is 87.5 cm³/mol. The lowest BCUT2D eigenvalue weighted by molar-refractivity contribution is 0.0933. The molecule has 2 aromatic heterocycles. The van der Waals surface area contributed by atoms with Gasteiger partial charge in [0.1, 0.15) is 0 Å². The maximum Gasteiger partial charge on any atom is 0.253 e. The van der Waals surface area contributed by atoms with Crippen LogP contribution in [0.15, 0.2) is 35.4 Å². The fourth-order valence-electron chi connectivity index (χ4n) is 3.44. The molecule has 5 nitrogen and oxygen atoms in total. The van der Waals surface area contributed by atoms with Crippen LogP contribution in [0.2, 0.25) is 0 Å². The molecule has 5 heteroatoms. The number of nitrogens with one attached hydrogen (secondary N) is 2. The Morgan fingerprint density at radius 2 is 2.13 bits per heavy atom. The highest BCUT2D eigenvalue weighted by atomic mass is 16.1. The van der Waals surface area contributed by atoms with E-state index >= 15 is 0 Å². The van der Waals surface area contributed by atoms with Crippen molar-refractivity contribution in [3.05, 3.63) is 57.8 Å². The summed E-state index contributed by atoms with van der Waals surface area (Å²) >= 11 is 0. The molecule has 2 N–H and O–H groups in total. The van der Waals surface area contributed by atoms with Crippen LogP contribution in [0.1, 0.15) is 40.9 Å². The lowest BCUT2D eigenvalue weighted by Gasteiger charge is -2.27. The van der Waals surface area contributed by atoms with Gasteiger partial charge >= 0.3 is 0 Å². The normalized spacial score (nSPS) is 20.1. The minimum atomic E-state index is -0.0361. The molecule has 0 bridgehead atoms. The third-order valence-electron chi connectivity index (χ3n) is 4.92. The first-order valence-corrected chi connectivity index (χ1v) is 8.36. The monoisotopic (exact) mass is 311 g/mol. The molecule has 23 heavy (non-hydrogen) atoms. The van der Waals surface area contributed by atoms with Crippen molar-refractivity contribution in [2.24, 2.45) is 5.92 Å². The van der Waals surface area contributed by atoms with E-state index < -0.39 is 0 Å². The van der Waals surface area contributed by atoms with E-state index in [0.29, 0.717) is 11.5 Å². The Morgan fingerprint density at radius 1 is 1.26 bits per heavy atom. The molecule has 2 heterocycles. The number of amides is 1. The van der Waals surface area contributed by atoms with E-state index in [0.717, 1.165) is 25.8 Å². The largest absolute Gasteiger partial charge is 0.367 e. The number of fused-ring (bicyclic) bond motifs is 1. The van der Waals surface area contributed by atoms with Gasteiger partial charge in [-0.25, -0.2) is 0 Å². The molecule has 0 spiro atoms. The Balaban J connectivity index is 1.51. The van der Waals surface area contributed by atoms with Gasteiger partial charge in [-0.2, -0.15) is 0 Å². The third-order valence-corrected chi connectivity index (χ3v) is 4.92. The Kier molecular flexibility index (Phi) is 3.56. The highest BCUT2D eigenvalue weighted by molar-refractivity contribution is 5.94. The minimum absolute atomic E-state index is 0.0361. The number of carbonyl (C=O) groups excluding carboxylic acids is 1. The predicted octanol–water partition coefficient (Wildman–Crippen LogP) is 1.87. The molecular formula is C18H21N3O2. The summed E-state index contributed by atoms with van der Waals surface area (Å²) in [7, 11) is 0. The van der Waals surface area contributed by atoms with Crippen molar-refractivity contribution in [1.29, 1.82) is 0 Å². The first-order chi connectivity index (χ1) is 11.2. The van der Waals surface area contributed by atoms with E-state index in [4.69, 9.17) is 0 Å². The van der Waals surface area contributed by atoms with Gasteiger partial charge in [-0.05, 0) is 49.7 Å². The first-order valence-electron chi connectivity index (χ1n) is 8.36. The molecule has 2 aliphatic carbocycles. The van der Waals surface area contributed by atoms with Crippen LogP contribution in [0, 0.1) is 5.92 Å². The summed E-state index contributed by atoms with van der Waals surface area (Å²) in [6, 6.07) is 5.53. The quantitative estimate of drug-likeness (QED) is 0.905. The van der Waals surface area contributed by atoms with E-state index in [1.807, 2.05) is 10.6 Å². The van der Waals surface area contributed by atoms with Gasteiger partial charge in [0.05, 0.1) is 5.56 Å². The molecule has 1 fully saturated rings. The maximum atomic E-state index is 12.2. The molecular weight excluding hydrogens is 290 g/mol. The fraction of sp³-hybridized carbons (Fsp3) is 0.444. The number of H-pyrrole nitrogens is 1. The zero-order valence-corrected chi connectivity index (χ0v) is 13.0. The summed E-state index contributed by atoms with van der Waals surface area (Å²) in [5, 5.41) is 3.10. The Hall–Kier alpha value is -2.30. The summed E-state index contributed by atoms with van der Waals surface area (Å²) < 4.78 is 1.97. The van der Waals surface area contributed by atoms with Gasteiger partial charge in [0.2, 0.25) is 0 Å². The van der Waals surface area contributed by atoms with Gasteiger partial charge in [-0.15, -0.1) is 0 Å². The van der Waals surface area contributed by atoms with Crippen LogP contribution in [0.25, 0.3) is 0 Å². The highest BCUT2D eigenvalue weighted by Gasteiger charge is 2.27. The lowest BCUT2D eigenvalue weighted by atomic mass is 9.91. The van der Waals surface area contributed by atoms with Gasteiger partial charge in [0.15, 0.2) is 0 Å². The van der Waals surface area contributed by atoms with Crippen LogP contribution in [0.3, 0.4) is 0 Å². The van der Waals surface area contributed by atoms with Crippen molar-refractivity contribution in [2.45, 2.75) is 44.7 Å². The van der Waals surface area contributed by atoms with Crippen molar-refractivity contribution < 1.29 is 4.79 Å². The van der Waals surface area contributed by atoms with Crippen LogP contribution >= 0.6 is 0 Å². The van der Waals surface area contributed by atoms with Crippen LogP contribution in [0.5, 0.6) is 0 Å². The molecule has 1 amide bonds. The number of nitrogens with zero attached hydrogens (tertiary/aromatic N) is 1. The van der Waals surface area contributed by atoms with Crippen molar-refractivity contribution in [3.63, 3.8) is 0 Å². The fourth-order valence-corrected chi connectivity index (χ4v) is 3.44. The summed E-state index contributed by atoms with van der Waals surface area (Å²) in [4.78, 5) is 27.2. The van der Waals surface area contributed by atoms with E-state index in [2.05, 4.69) is 10.3 Å². The average molecular weight is 311 g/mol. The number of aromatic amines is 1. The molecule has 0 aromatic carbocycles. The summed E-state index contributed by atoms with van der Waals surface area (Å²) in [6.45, 7) is 0.863. The summed E-state index contributed by atoms with van der Waals surface area (Å²) in [5.74, 6) is 0.649. The number of carbonyl (C=O) groups is 1. The molecule has 0 radical (unpaired) electrons. The molecule has 2 aromatic rings. The second kappa shape index (κ2) is 5.72. The molecule has 1 saturated carbocycles.